The lowest BCUT2D eigenvalue weighted by Crippen LogP contribution is -2.38. The second-order valence-corrected chi connectivity index (χ2v) is 8.59. The third-order valence-electron chi connectivity index (χ3n) is 6.57. The Bertz CT molecular complexity index is 475. The van der Waals surface area contributed by atoms with Crippen LogP contribution >= 0.6 is 0 Å². The lowest BCUT2D eigenvalue weighted by Gasteiger charge is -2.42. The van der Waals surface area contributed by atoms with E-state index < -0.39 is 18.2 Å². The van der Waals surface area contributed by atoms with Crippen molar-refractivity contribution >= 4 is 5.97 Å². The number of carboxylic acids is 1. The van der Waals surface area contributed by atoms with E-state index in [-0.39, 0.29) is 36.2 Å². The second-order valence-electron chi connectivity index (χ2n) is 8.59. The molecule has 0 aliphatic heterocycles. The normalized spacial score (nSPS) is 31.8. The molecule has 0 heterocycles. The first-order valence-corrected chi connectivity index (χ1v) is 10.2. The van der Waals surface area contributed by atoms with Crippen LogP contribution in [0.1, 0.15) is 77.6 Å². The highest BCUT2D eigenvalue weighted by atomic mass is 19.1. The zero-order valence-electron chi connectivity index (χ0n) is 15.9. The van der Waals surface area contributed by atoms with Crippen molar-refractivity contribution in [3.8, 4) is 0 Å². The molecule has 0 spiro atoms. The number of halogens is 1. The van der Waals surface area contributed by atoms with E-state index in [1.807, 2.05) is 12.2 Å². The van der Waals surface area contributed by atoms with Crippen LogP contribution in [-0.4, -0.2) is 39.7 Å². The highest BCUT2D eigenvalue weighted by Gasteiger charge is 2.41. The van der Waals surface area contributed by atoms with Gasteiger partial charge in [-0.1, -0.05) is 44.8 Å². The van der Waals surface area contributed by atoms with Gasteiger partial charge in [0, 0.05) is 18.8 Å². The third kappa shape index (κ3) is 5.78. The third-order valence-corrected chi connectivity index (χ3v) is 6.57. The van der Waals surface area contributed by atoms with Gasteiger partial charge in [0.1, 0.15) is 6.17 Å². The van der Waals surface area contributed by atoms with Gasteiger partial charge in [-0.15, -0.1) is 0 Å². The Morgan fingerprint density at radius 2 is 1.96 bits per heavy atom. The van der Waals surface area contributed by atoms with Gasteiger partial charge >= 0.3 is 5.97 Å². The van der Waals surface area contributed by atoms with E-state index in [1.165, 1.54) is 6.42 Å². The zero-order chi connectivity index (χ0) is 19.2. The summed E-state index contributed by atoms with van der Waals surface area (Å²) in [5, 5.41) is 29.1. The maximum absolute atomic E-state index is 14.3. The summed E-state index contributed by atoms with van der Waals surface area (Å²) in [5.74, 6) is -1.11. The molecule has 2 saturated carbocycles. The summed E-state index contributed by atoms with van der Waals surface area (Å²) in [6.07, 6.45) is 10.1. The molecule has 0 aromatic carbocycles. The van der Waals surface area contributed by atoms with Crippen LogP contribution < -0.4 is 0 Å². The van der Waals surface area contributed by atoms with Crippen molar-refractivity contribution in [2.75, 3.05) is 0 Å². The number of aliphatic carboxylic acids is 1. The number of hydrogen-bond acceptors (Lipinski definition) is 3. The van der Waals surface area contributed by atoms with Crippen LogP contribution in [0.2, 0.25) is 0 Å². The van der Waals surface area contributed by atoms with Gasteiger partial charge in [0.15, 0.2) is 0 Å². The highest BCUT2D eigenvalue weighted by molar-refractivity contribution is 5.66. The lowest BCUT2D eigenvalue weighted by molar-refractivity contribution is -0.137. The minimum Gasteiger partial charge on any atom is -0.481 e. The number of aliphatic hydroxyl groups is 2. The molecule has 2 aliphatic rings. The van der Waals surface area contributed by atoms with E-state index in [0.29, 0.717) is 12.8 Å². The number of carbonyl (C=O) groups is 1. The van der Waals surface area contributed by atoms with Crippen LogP contribution in [0.3, 0.4) is 0 Å². The van der Waals surface area contributed by atoms with Crippen LogP contribution in [0.4, 0.5) is 4.39 Å². The molecule has 0 amide bonds. The SMILES string of the molecule is CC1(C(O)C/C=C/[C@H]2C(O)CC(F)[C@@H]2CCCCCCC(=O)O)CCC1. The van der Waals surface area contributed by atoms with E-state index in [0.717, 1.165) is 38.5 Å². The number of unbranched alkanes of at least 4 members (excludes halogenated alkanes) is 3. The molecule has 0 aromatic heterocycles. The van der Waals surface area contributed by atoms with Gasteiger partial charge in [-0.2, -0.15) is 0 Å². The van der Waals surface area contributed by atoms with E-state index >= 15 is 0 Å². The van der Waals surface area contributed by atoms with Gasteiger partial charge in [0.05, 0.1) is 12.2 Å². The second kappa shape index (κ2) is 9.84. The summed E-state index contributed by atoms with van der Waals surface area (Å²) in [6.45, 7) is 2.12. The molecule has 3 N–H and O–H groups in total. The topological polar surface area (TPSA) is 77.8 Å². The molecule has 5 atom stereocenters. The fourth-order valence-electron chi connectivity index (χ4n) is 4.46. The van der Waals surface area contributed by atoms with Gasteiger partial charge in [0.2, 0.25) is 0 Å². The molecule has 2 rings (SSSR count). The zero-order valence-corrected chi connectivity index (χ0v) is 15.9. The average molecular weight is 371 g/mol. The molecule has 3 unspecified atom stereocenters. The van der Waals surface area contributed by atoms with Gasteiger partial charge < -0.3 is 15.3 Å². The molecular weight excluding hydrogens is 335 g/mol. The van der Waals surface area contributed by atoms with Gasteiger partial charge in [-0.25, -0.2) is 4.39 Å². The Balaban J connectivity index is 1.75. The predicted octanol–water partition coefficient (Wildman–Crippen LogP) is 4.24. The fraction of sp³-hybridized carbons (Fsp3) is 0.857. The van der Waals surface area contributed by atoms with Crippen molar-refractivity contribution < 1.29 is 24.5 Å². The Labute approximate surface area is 156 Å². The smallest absolute Gasteiger partial charge is 0.303 e. The minimum absolute atomic E-state index is 0.0244. The van der Waals surface area contributed by atoms with E-state index in [4.69, 9.17) is 5.11 Å². The van der Waals surface area contributed by atoms with Gasteiger partial charge in [-0.05, 0) is 43.4 Å². The molecule has 0 aromatic rings. The van der Waals surface area contributed by atoms with Crippen molar-refractivity contribution in [1.82, 2.24) is 0 Å². The van der Waals surface area contributed by atoms with Crippen LogP contribution in [0.25, 0.3) is 0 Å². The van der Waals surface area contributed by atoms with Crippen molar-refractivity contribution in [1.29, 1.82) is 0 Å². The first kappa shape index (κ1) is 21.4. The minimum atomic E-state index is -0.979. The van der Waals surface area contributed by atoms with E-state index in [1.54, 1.807) is 0 Å². The molecule has 26 heavy (non-hydrogen) atoms. The Hall–Kier alpha value is -0.940. The fourth-order valence-corrected chi connectivity index (χ4v) is 4.46. The van der Waals surface area contributed by atoms with E-state index in [9.17, 15) is 19.4 Å². The Kier molecular flexibility index (Phi) is 8.08. The highest BCUT2D eigenvalue weighted by Crippen LogP contribution is 2.44. The first-order valence-electron chi connectivity index (χ1n) is 10.2. The molecule has 150 valence electrons. The summed E-state index contributed by atoms with van der Waals surface area (Å²) < 4.78 is 14.3. The van der Waals surface area contributed by atoms with Crippen LogP contribution in [-0.2, 0) is 4.79 Å². The largest absolute Gasteiger partial charge is 0.481 e. The molecule has 0 bridgehead atoms. The van der Waals surface area contributed by atoms with Crippen molar-refractivity contribution in [3.63, 3.8) is 0 Å². The molecule has 5 heteroatoms. The summed E-state index contributed by atoms with van der Waals surface area (Å²) in [6, 6.07) is 0. The standard InChI is InChI=1S/C21H35FO4/c1-21(12-7-13-21)19(24)10-6-9-16-15(17(22)14-18(16)23)8-4-2-3-5-11-20(25)26/h6,9,15-19,23-24H,2-5,7-8,10-14H2,1H3,(H,25,26)/b9-6+/t15-,16-,17?,18?,19?/m1/s1. The summed E-state index contributed by atoms with van der Waals surface area (Å²) in [4.78, 5) is 10.5. The quantitative estimate of drug-likeness (QED) is 0.375. The van der Waals surface area contributed by atoms with Crippen molar-refractivity contribution in [3.05, 3.63) is 12.2 Å². The van der Waals surface area contributed by atoms with Crippen LogP contribution in [0.15, 0.2) is 12.2 Å². The number of carboxylic acid groups (broad SMARTS) is 1. The Morgan fingerprint density at radius 3 is 2.58 bits per heavy atom. The first-order chi connectivity index (χ1) is 12.3. The molecule has 0 saturated heterocycles. The van der Waals surface area contributed by atoms with Crippen molar-refractivity contribution in [2.24, 2.45) is 17.3 Å². The predicted molar refractivity (Wildman–Crippen MR) is 99.6 cm³/mol. The maximum atomic E-state index is 14.3. The van der Waals surface area contributed by atoms with E-state index in [2.05, 4.69) is 6.92 Å². The number of rotatable bonds is 11. The lowest BCUT2D eigenvalue weighted by atomic mass is 9.66. The molecule has 2 aliphatic carbocycles. The average Bonchev–Trinajstić information content (AvgIpc) is 2.81. The van der Waals surface area contributed by atoms with Crippen LogP contribution in [0, 0.1) is 17.3 Å². The molecule has 2 fully saturated rings. The number of hydrogen-bond donors (Lipinski definition) is 3. The maximum Gasteiger partial charge on any atom is 0.303 e. The number of alkyl halides is 1. The monoisotopic (exact) mass is 370 g/mol. The Morgan fingerprint density at radius 1 is 1.27 bits per heavy atom. The van der Waals surface area contributed by atoms with Crippen LogP contribution in [0.5, 0.6) is 0 Å². The summed E-state index contributed by atoms with van der Waals surface area (Å²) in [5.41, 5.74) is 0.0244. The van der Waals surface area contributed by atoms with Crippen molar-refractivity contribution in [2.45, 2.75) is 95.9 Å². The molecule has 4 nitrogen and oxygen atoms in total. The van der Waals surface area contributed by atoms with Gasteiger partial charge in [-0.3, -0.25) is 4.79 Å². The molecular formula is C21H35FO4. The number of aliphatic hydroxyl groups excluding tert-OH is 2. The van der Waals surface area contributed by atoms with Gasteiger partial charge in [0.25, 0.3) is 0 Å². The summed E-state index contributed by atoms with van der Waals surface area (Å²) in [7, 11) is 0. The molecule has 0 radical (unpaired) electrons. The summed E-state index contributed by atoms with van der Waals surface area (Å²) >= 11 is 0.